The van der Waals surface area contributed by atoms with Gasteiger partial charge in [0.2, 0.25) is 106 Å². The Labute approximate surface area is 799 Å². The van der Waals surface area contributed by atoms with Crippen molar-refractivity contribution in [1.82, 2.24) is 89.6 Å². The quantitative estimate of drug-likeness (QED) is 0.0369. The van der Waals surface area contributed by atoms with Gasteiger partial charge in [0.15, 0.2) is 5.72 Å². The van der Waals surface area contributed by atoms with Gasteiger partial charge in [-0.2, -0.15) is 23.5 Å². The number of carbonyl (C=O) groups is 22. The zero-order chi connectivity index (χ0) is 102. The van der Waals surface area contributed by atoms with Crippen LogP contribution in [0.3, 0.4) is 0 Å². The van der Waals surface area contributed by atoms with E-state index in [1.165, 1.54) is 76.2 Å². The van der Waals surface area contributed by atoms with E-state index in [9.17, 15) is 112 Å². The van der Waals surface area contributed by atoms with Crippen LogP contribution in [0.2, 0.25) is 0 Å². The summed E-state index contributed by atoms with van der Waals surface area (Å²) < 4.78 is 0. The summed E-state index contributed by atoms with van der Waals surface area (Å²) in [5, 5.41) is 101. The van der Waals surface area contributed by atoms with Gasteiger partial charge in [-0.25, -0.2) is 0 Å². The molecule has 48 nitrogen and oxygen atoms in total. The first kappa shape index (κ1) is 111. The number of primary amides is 2. The fourth-order valence-electron chi connectivity index (χ4n) is 14.6. The number of hydrogen-bond donors (Lipinski definition) is 24. The van der Waals surface area contributed by atoms with Crippen molar-refractivity contribution in [1.29, 1.82) is 0 Å². The summed E-state index contributed by atoms with van der Waals surface area (Å²) in [5.41, 5.74) is 14.1. The fourth-order valence-corrected chi connectivity index (χ4v) is 16.5. The molecule has 138 heavy (non-hydrogen) atoms. The van der Waals surface area contributed by atoms with Gasteiger partial charge >= 0.3 is 23.9 Å². The highest BCUT2D eigenvalue weighted by Crippen LogP contribution is 2.25. The molecule has 27 N–H and O–H groups in total. The average Bonchev–Trinajstić information content (AvgIpc) is 1.10. The highest BCUT2D eigenvalue weighted by molar-refractivity contribution is 7.99. The lowest BCUT2D eigenvalue weighted by Crippen LogP contribution is -2.65. The zero-order valence-corrected chi connectivity index (χ0v) is 78.0. The third kappa shape index (κ3) is 35.5. The molecule has 7 rings (SSSR count). The van der Waals surface area contributed by atoms with Gasteiger partial charge in [0.25, 0.3) is 0 Å². The first-order valence-electron chi connectivity index (χ1n) is 43.9. The summed E-state index contributed by atoms with van der Waals surface area (Å²) in [7, 11) is 0. The van der Waals surface area contributed by atoms with Crippen LogP contribution in [0.25, 0.3) is 10.8 Å². The van der Waals surface area contributed by atoms with Crippen LogP contribution < -0.4 is 97.0 Å². The molecule has 0 saturated carbocycles. The predicted molar refractivity (Wildman–Crippen MR) is 492 cm³/mol. The summed E-state index contributed by atoms with van der Waals surface area (Å²) >= 11 is 1.76. The number of phenolic OH excluding ortho intramolecular Hbond substituents is 1. The molecule has 0 radical (unpaired) electrons. The molecular formula is C88H118N20O28S2. The van der Waals surface area contributed by atoms with Gasteiger partial charge in [0, 0.05) is 87.6 Å². The number of thioether (sulfide) groups is 2. The maximum absolute atomic E-state index is 15.5. The molecule has 4 aromatic rings. The number of aliphatic hydroxyl groups is 1. The Morgan fingerprint density at radius 3 is 1.38 bits per heavy atom. The monoisotopic (exact) mass is 1970 g/mol. The number of carboxylic acids is 4. The molecule has 3 heterocycles. The van der Waals surface area contributed by atoms with Crippen LogP contribution in [0.5, 0.6) is 5.75 Å². The standard InChI is InChI=1S/C88H118N20O28S2/c1-44(89)73(122)105-63-41-138-32-28-66(112)108-30-29-107-42-88(136,43-108)92-39-61(103-75(124)46(3)93-78(127)57(35-50-17-12-16-49-15-10-11-18-52(49)50)100-76(125)53(23-25-67(113)114)95-81(130)58(36-64(90)110)97-74(123)45(2)94-85(63)134)84(133)96-54(24-26-68(115)116)77(126)101-59(37-69(117)118)82(131)99-55(33-47-13-8-7-9-14-47)79(128)98-56(34-48-19-21-51(109)22-20-48)80(129)102-60(38-70(119)120)83(132)106-71(87(4,5)6)86(135)104-62(72(91)121)40-137-31-27-65(107)111/h7-22,44-46,53-63,71,92,109,136H,23-43,89H2,1-6H3,(H2,90,110)(H2,91,121)(H,93,127)(H,94,134)(H,95,130)(H,96,133)(H,97,123)(H,98,128)(H,99,131)(H,100,125)(H,101,126)(H,102,129)(H,103,124)(H,104,135)(H,105,122)(H,106,132)(H,113,114)(H,115,116)(H,117,118)(H,119,120)/t44-,45+,46+,53-,54?,55-,56-,57-,58-,59-,60?,61-,62-,63-,71+,88?/m0/s1. The molecule has 3 saturated heterocycles. The smallest absolute Gasteiger partial charge is 0.305 e. The third-order valence-corrected chi connectivity index (χ3v) is 24.2. The van der Waals surface area contributed by atoms with Crippen LogP contribution in [-0.2, 0) is 125 Å². The molecule has 3 aliphatic heterocycles. The number of aliphatic carboxylic acids is 4. The lowest BCUT2D eigenvalue weighted by Gasteiger charge is -2.35. The van der Waals surface area contributed by atoms with E-state index < -0.39 is 342 Å². The van der Waals surface area contributed by atoms with Crippen molar-refractivity contribution >= 4 is 165 Å². The number of carbonyl (C=O) groups excluding carboxylic acids is 18. The number of aromatic hydroxyl groups is 1. The maximum Gasteiger partial charge on any atom is 0.305 e. The molecule has 3 aliphatic rings. The molecule has 0 aliphatic carbocycles. The van der Waals surface area contributed by atoms with Crippen LogP contribution in [0.4, 0.5) is 0 Å². The zero-order valence-electron chi connectivity index (χ0n) is 76.4. The molecule has 50 heteroatoms. The maximum atomic E-state index is 15.5. The highest BCUT2D eigenvalue weighted by Gasteiger charge is 2.44. The van der Waals surface area contributed by atoms with E-state index in [1.54, 1.807) is 48.5 Å². The molecule has 3 fully saturated rings. The van der Waals surface area contributed by atoms with Crippen LogP contribution >= 0.6 is 23.5 Å². The van der Waals surface area contributed by atoms with Gasteiger partial charge in [-0.15, -0.1) is 0 Å². The summed E-state index contributed by atoms with van der Waals surface area (Å²) in [4.78, 5) is 314. The lowest BCUT2D eigenvalue weighted by atomic mass is 9.85. The van der Waals surface area contributed by atoms with Crippen LogP contribution in [0.1, 0.15) is 116 Å². The van der Waals surface area contributed by atoms with Gasteiger partial charge in [-0.3, -0.25) is 111 Å². The number of nitrogens with two attached hydrogens (primary N) is 3. The predicted octanol–water partition coefficient (Wildman–Crippen LogP) is -6.94. The Kier molecular flexibility index (Phi) is 42.0. The average molecular weight is 1970 g/mol. The first-order chi connectivity index (χ1) is 65.0. The molecule has 4 aromatic carbocycles. The van der Waals surface area contributed by atoms with Gasteiger partial charge in [-0.1, -0.05) is 106 Å². The van der Waals surface area contributed by atoms with Crippen LogP contribution in [0, 0.1) is 5.41 Å². The van der Waals surface area contributed by atoms with Crippen molar-refractivity contribution in [3.8, 4) is 5.75 Å². The van der Waals surface area contributed by atoms with Crippen molar-refractivity contribution in [2.75, 3.05) is 55.7 Å². The largest absolute Gasteiger partial charge is 0.508 e. The van der Waals surface area contributed by atoms with E-state index in [1.807, 2.05) is 0 Å². The number of amides is 18. The Balaban J connectivity index is 1.39. The number of hydrogen-bond acceptors (Lipinski definition) is 28. The van der Waals surface area contributed by atoms with E-state index in [0.717, 1.165) is 47.2 Å². The fraction of sp³-hybridized carbons (Fsp3) is 0.500. The minimum atomic E-state index is -2.66. The van der Waals surface area contributed by atoms with Crippen LogP contribution in [-0.4, -0.2) is 323 Å². The number of nitrogens with one attached hydrogen (secondary N) is 15. The van der Waals surface area contributed by atoms with E-state index in [0.29, 0.717) is 16.3 Å². The van der Waals surface area contributed by atoms with Gasteiger partial charge in [0.05, 0.1) is 38.4 Å². The topological polar surface area (TPSA) is 762 Å². The third-order valence-electron chi connectivity index (χ3n) is 22.1. The first-order valence-corrected chi connectivity index (χ1v) is 46.2. The second-order valence-corrected chi connectivity index (χ2v) is 36.8. The van der Waals surface area contributed by atoms with E-state index >= 15 is 24.0 Å². The van der Waals surface area contributed by atoms with Crippen molar-refractivity contribution in [3.05, 3.63) is 114 Å². The Hall–Kier alpha value is -14.1. The number of nitrogens with zero attached hydrogens (tertiary/aromatic N) is 2. The summed E-state index contributed by atoms with van der Waals surface area (Å²) in [5.74, 6) is -29.7. The minimum absolute atomic E-state index is 0.200. The second-order valence-electron chi connectivity index (χ2n) is 34.5. The molecule has 0 aromatic heterocycles. The van der Waals surface area contributed by atoms with Gasteiger partial charge in [-0.05, 0) is 78.6 Å². The molecule has 4 bridgehead atoms. The Morgan fingerprint density at radius 1 is 0.464 bits per heavy atom. The number of benzene rings is 4. The molecule has 18 amide bonds. The lowest BCUT2D eigenvalue weighted by molar-refractivity contribution is -0.142. The van der Waals surface area contributed by atoms with Crippen molar-refractivity contribution in [3.63, 3.8) is 0 Å². The number of carboxylic acid groups (broad SMARTS) is 4. The summed E-state index contributed by atoms with van der Waals surface area (Å²) in [6.07, 6.45) is -9.59. The van der Waals surface area contributed by atoms with Crippen molar-refractivity contribution < 1.29 is 136 Å². The minimum Gasteiger partial charge on any atom is -0.508 e. The Morgan fingerprint density at radius 2 is 0.884 bits per heavy atom. The highest BCUT2D eigenvalue weighted by atomic mass is 32.2. The van der Waals surface area contributed by atoms with Crippen molar-refractivity contribution in [2.45, 2.75) is 215 Å². The molecule has 750 valence electrons. The molecule has 16 atom stereocenters. The normalized spacial score (nSPS) is 25.6. The Bertz CT molecular complexity index is 5160. The van der Waals surface area contributed by atoms with Gasteiger partial charge < -0.3 is 132 Å². The SMILES string of the molecule is C[C@H](N)C(=O)N[C@H]1CSCCC(=O)N2CCN3CC(O)(C2)NC[C@H](NC(=O)[C@@H](C)NC(=O)[C@H](Cc2cccc4ccccc24)NC(=O)[C@H](CCC(=O)O)NC(=O)[C@H](CC(N)=O)NC(=O)[C@@H](C)NC1=O)C(=O)NC(CCC(=O)O)C(=O)N[C@@H](CC(=O)O)C(=O)N[C@@H](Cc1ccccc1)C(=O)N[C@@H](Cc1ccc(O)cc1)C(=O)NC(CC(=O)O)C(=O)N[C@@H](C(C)(C)C)C(=O)N[C@H](C(N)=O)CSCCC3=O. The second kappa shape index (κ2) is 52.3. The summed E-state index contributed by atoms with van der Waals surface area (Å²) in [6, 6.07) is -3.93. The van der Waals surface area contributed by atoms with E-state index in [-0.39, 0.29) is 39.9 Å². The van der Waals surface area contributed by atoms with Crippen molar-refractivity contribution in [2.24, 2.45) is 22.6 Å². The number of phenols is 1. The summed E-state index contributed by atoms with van der Waals surface area (Å²) in [6.45, 7) is 4.36. The van der Waals surface area contributed by atoms with Crippen LogP contribution in [0.15, 0.2) is 97.1 Å². The molecule has 3 unspecified atom stereocenters. The number of fused-ring (bicyclic) bond motifs is 5. The van der Waals surface area contributed by atoms with E-state index in [4.69, 9.17) is 17.2 Å². The molecule has 0 spiro atoms. The van der Waals surface area contributed by atoms with E-state index in [2.05, 4.69) is 79.8 Å². The van der Waals surface area contributed by atoms with Gasteiger partial charge in [0.1, 0.15) is 90.3 Å². The number of rotatable bonds is 21. The molecular weight excluding hydrogens is 1850 g/mol.